The molecule has 0 aliphatic heterocycles. The molecule has 80 valence electrons. The number of carbonyl (C=O) groups excluding carboxylic acids is 1. The van der Waals surface area contributed by atoms with Crippen LogP contribution in [0.1, 0.15) is 24.0 Å². The third kappa shape index (κ3) is 2.29. The summed E-state index contributed by atoms with van der Waals surface area (Å²) >= 11 is 0. The van der Waals surface area contributed by atoms with E-state index in [9.17, 15) is 4.79 Å². The molecule has 1 amide bonds. The van der Waals surface area contributed by atoms with Crippen LogP contribution < -0.4 is 10.1 Å². The Morgan fingerprint density at radius 1 is 1.27 bits per heavy atom. The second-order valence-electron chi connectivity index (χ2n) is 3.78. The molecule has 0 spiro atoms. The number of amides is 1. The number of hydrogen-bond donors (Lipinski definition) is 1. The van der Waals surface area contributed by atoms with E-state index in [1.54, 1.807) is 7.05 Å². The minimum Gasteiger partial charge on any atom is -0.410 e. The second kappa shape index (κ2) is 4.34. The molecular weight excluding hydrogens is 190 g/mol. The van der Waals surface area contributed by atoms with Gasteiger partial charge in [0.25, 0.3) is 0 Å². The number of carbonyl (C=O) groups is 1. The van der Waals surface area contributed by atoms with Gasteiger partial charge in [0.15, 0.2) is 0 Å². The Hall–Kier alpha value is -1.51. The molecule has 1 aliphatic carbocycles. The third-order valence-corrected chi connectivity index (χ3v) is 2.73. The Kier molecular flexibility index (Phi) is 2.90. The van der Waals surface area contributed by atoms with Crippen molar-refractivity contribution < 1.29 is 9.53 Å². The predicted molar refractivity (Wildman–Crippen MR) is 58.2 cm³/mol. The molecule has 3 heteroatoms. The average Bonchev–Trinajstić information content (AvgIpc) is 2.29. The van der Waals surface area contributed by atoms with Gasteiger partial charge in [-0.25, -0.2) is 4.79 Å². The van der Waals surface area contributed by atoms with E-state index in [1.807, 2.05) is 12.1 Å². The Morgan fingerprint density at radius 2 is 2.00 bits per heavy atom. The van der Waals surface area contributed by atoms with Crippen LogP contribution in [0.25, 0.3) is 0 Å². The van der Waals surface area contributed by atoms with Crippen LogP contribution in [0.4, 0.5) is 4.79 Å². The summed E-state index contributed by atoms with van der Waals surface area (Å²) in [4.78, 5) is 11.0. The minimum atomic E-state index is -0.411. The fraction of sp³-hybridized carbons (Fsp3) is 0.417. The maximum absolute atomic E-state index is 11.0. The fourth-order valence-corrected chi connectivity index (χ4v) is 1.93. The summed E-state index contributed by atoms with van der Waals surface area (Å²) in [7, 11) is 1.56. The van der Waals surface area contributed by atoms with Gasteiger partial charge in [-0.2, -0.15) is 0 Å². The first-order valence-electron chi connectivity index (χ1n) is 5.31. The van der Waals surface area contributed by atoms with Gasteiger partial charge in [-0.15, -0.1) is 0 Å². The first-order chi connectivity index (χ1) is 7.29. The zero-order valence-electron chi connectivity index (χ0n) is 8.88. The largest absolute Gasteiger partial charge is 0.412 e. The van der Waals surface area contributed by atoms with Gasteiger partial charge in [-0.3, -0.25) is 0 Å². The summed E-state index contributed by atoms with van der Waals surface area (Å²) in [5, 5.41) is 2.43. The molecule has 0 aromatic heterocycles. The van der Waals surface area contributed by atoms with E-state index < -0.39 is 6.09 Å². The highest BCUT2D eigenvalue weighted by molar-refractivity contribution is 5.70. The molecule has 0 radical (unpaired) electrons. The highest BCUT2D eigenvalue weighted by Gasteiger charge is 2.10. The van der Waals surface area contributed by atoms with E-state index in [0.717, 1.165) is 12.8 Å². The van der Waals surface area contributed by atoms with Gasteiger partial charge in [0.05, 0.1) is 0 Å². The minimum absolute atomic E-state index is 0.411. The van der Waals surface area contributed by atoms with Gasteiger partial charge in [-0.1, -0.05) is 6.07 Å². The number of hydrogen-bond acceptors (Lipinski definition) is 2. The smallest absolute Gasteiger partial charge is 0.410 e. The van der Waals surface area contributed by atoms with Crippen molar-refractivity contribution in [2.24, 2.45) is 0 Å². The molecular formula is C12H15NO2. The molecule has 0 bridgehead atoms. The fourth-order valence-electron chi connectivity index (χ4n) is 1.93. The average molecular weight is 205 g/mol. The van der Waals surface area contributed by atoms with Crippen molar-refractivity contribution >= 4 is 6.09 Å². The summed E-state index contributed by atoms with van der Waals surface area (Å²) in [6.45, 7) is 0. The molecule has 0 saturated carbocycles. The summed E-state index contributed by atoms with van der Waals surface area (Å²) in [5.74, 6) is 0.634. The van der Waals surface area contributed by atoms with Crippen LogP contribution >= 0.6 is 0 Å². The lowest BCUT2D eigenvalue weighted by Crippen LogP contribution is -2.22. The number of fused-ring (bicyclic) bond motifs is 1. The van der Waals surface area contributed by atoms with Gasteiger partial charge in [0, 0.05) is 7.05 Å². The van der Waals surface area contributed by atoms with Crippen molar-refractivity contribution in [3.8, 4) is 5.75 Å². The van der Waals surface area contributed by atoms with Crippen LogP contribution in [-0.2, 0) is 12.8 Å². The Labute approximate surface area is 89.4 Å². The lowest BCUT2D eigenvalue weighted by atomic mass is 9.92. The van der Waals surface area contributed by atoms with Crippen molar-refractivity contribution in [3.05, 3.63) is 29.3 Å². The van der Waals surface area contributed by atoms with Gasteiger partial charge < -0.3 is 10.1 Å². The number of ether oxygens (including phenoxy) is 1. The van der Waals surface area contributed by atoms with Crippen molar-refractivity contribution in [1.82, 2.24) is 5.32 Å². The van der Waals surface area contributed by atoms with E-state index in [2.05, 4.69) is 11.4 Å². The lowest BCUT2D eigenvalue weighted by Gasteiger charge is -2.16. The topological polar surface area (TPSA) is 38.3 Å². The number of benzene rings is 1. The molecule has 3 nitrogen and oxygen atoms in total. The van der Waals surface area contributed by atoms with Crippen molar-refractivity contribution in [2.45, 2.75) is 25.7 Å². The van der Waals surface area contributed by atoms with Gasteiger partial charge in [0.1, 0.15) is 5.75 Å². The molecule has 15 heavy (non-hydrogen) atoms. The molecule has 0 saturated heterocycles. The Bertz CT molecular complexity index is 374. The van der Waals surface area contributed by atoms with Gasteiger partial charge >= 0.3 is 6.09 Å². The van der Waals surface area contributed by atoms with Crippen LogP contribution in [0, 0.1) is 0 Å². The Morgan fingerprint density at radius 3 is 2.73 bits per heavy atom. The molecule has 0 fully saturated rings. The van der Waals surface area contributed by atoms with Gasteiger partial charge in [0.2, 0.25) is 0 Å². The van der Waals surface area contributed by atoms with Crippen molar-refractivity contribution in [2.75, 3.05) is 7.05 Å². The van der Waals surface area contributed by atoms with E-state index in [1.165, 1.54) is 24.0 Å². The summed E-state index contributed by atoms with van der Waals surface area (Å²) in [6, 6.07) is 5.90. The number of aryl methyl sites for hydroxylation is 2. The Balaban J connectivity index is 2.17. The van der Waals surface area contributed by atoms with E-state index in [0.29, 0.717) is 5.75 Å². The maximum atomic E-state index is 11.0. The first-order valence-corrected chi connectivity index (χ1v) is 5.31. The quantitative estimate of drug-likeness (QED) is 0.763. The molecule has 1 aromatic rings. The molecule has 1 aromatic carbocycles. The van der Waals surface area contributed by atoms with E-state index in [-0.39, 0.29) is 0 Å². The lowest BCUT2D eigenvalue weighted by molar-refractivity contribution is 0.203. The molecule has 0 heterocycles. The van der Waals surface area contributed by atoms with Crippen LogP contribution in [0.3, 0.4) is 0 Å². The second-order valence-corrected chi connectivity index (χ2v) is 3.78. The highest BCUT2D eigenvalue weighted by Crippen LogP contribution is 2.25. The van der Waals surface area contributed by atoms with Crippen molar-refractivity contribution in [1.29, 1.82) is 0 Å². The van der Waals surface area contributed by atoms with Crippen molar-refractivity contribution in [3.63, 3.8) is 0 Å². The van der Waals surface area contributed by atoms with Crippen LogP contribution in [0.5, 0.6) is 5.75 Å². The number of nitrogens with one attached hydrogen (secondary N) is 1. The molecule has 1 aliphatic rings. The monoisotopic (exact) mass is 205 g/mol. The maximum Gasteiger partial charge on any atom is 0.412 e. The van der Waals surface area contributed by atoms with Crippen LogP contribution in [-0.4, -0.2) is 13.1 Å². The summed E-state index contributed by atoms with van der Waals surface area (Å²) in [6.07, 6.45) is 4.33. The summed E-state index contributed by atoms with van der Waals surface area (Å²) in [5.41, 5.74) is 2.72. The van der Waals surface area contributed by atoms with Gasteiger partial charge in [-0.05, 0) is 48.9 Å². The zero-order chi connectivity index (χ0) is 10.7. The molecule has 2 rings (SSSR count). The first kappa shape index (κ1) is 10.0. The third-order valence-electron chi connectivity index (χ3n) is 2.73. The summed E-state index contributed by atoms with van der Waals surface area (Å²) < 4.78 is 5.08. The van der Waals surface area contributed by atoms with E-state index >= 15 is 0 Å². The molecule has 0 unspecified atom stereocenters. The molecule has 0 atom stereocenters. The molecule has 1 N–H and O–H groups in total. The van der Waals surface area contributed by atoms with E-state index in [4.69, 9.17) is 4.74 Å². The highest BCUT2D eigenvalue weighted by atomic mass is 16.5. The SMILES string of the molecule is CNC(=O)Oc1ccc2c(c1)CCCC2. The normalized spacial score (nSPS) is 14.2. The standard InChI is InChI=1S/C12H15NO2/c1-13-12(14)15-11-7-6-9-4-2-3-5-10(9)8-11/h6-8H,2-5H2,1H3,(H,13,14). The van der Waals surface area contributed by atoms with Crippen LogP contribution in [0.2, 0.25) is 0 Å². The zero-order valence-corrected chi connectivity index (χ0v) is 8.88. The predicted octanol–water partition coefficient (Wildman–Crippen LogP) is 2.28. The van der Waals surface area contributed by atoms with Crippen LogP contribution in [0.15, 0.2) is 18.2 Å². The number of rotatable bonds is 1.